The van der Waals surface area contributed by atoms with Gasteiger partial charge in [0.05, 0.1) is 5.56 Å². The molecule has 1 aliphatic heterocycles. The summed E-state index contributed by atoms with van der Waals surface area (Å²) in [6.45, 7) is 3.57. The lowest BCUT2D eigenvalue weighted by molar-refractivity contribution is 0.0696. The second kappa shape index (κ2) is 8.87. The monoisotopic (exact) mass is 392 g/mol. The summed E-state index contributed by atoms with van der Waals surface area (Å²) in [6.07, 6.45) is 2.12. The highest BCUT2D eigenvalue weighted by molar-refractivity contribution is 6.34. The average Bonchev–Trinajstić information content (AvgIpc) is 2.60. The second-order valence-corrected chi connectivity index (χ2v) is 7.59. The maximum Gasteiger partial charge on any atom is 0.335 e. The van der Waals surface area contributed by atoms with Crippen LogP contribution in [0, 0.1) is 0 Å². The molecule has 0 atom stereocenters. The van der Waals surface area contributed by atoms with Crippen molar-refractivity contribution >= 4 is 29.2 Å². The molecule has 6 heteroatoms. The number of likely N-dealkylation sites (tertiary alicyclic amines) is 1. The molecule has 2 aromatic carbocycles. The van der Waals surface area contributed by atoms with E-state index in [1.54, 1.807) is 24.3 Å². The maximum atomic E-state index is 11.0. The van der Waals surface area contributed by atoms with E-state index in [-0.39, 0.29) is 0 Å². The molecule has 0 aromatic heterocycles. The Morgan fingerprint density at radius 1 is 1.08 bits per heavy atom. The molecule has 0 radical (unpaired) electrons. The van der Waals surface area contributed by atoms with Gasteiger partial charge in [-0.2, -0.15) is 0 Å². The molecule has 0 saturated carbocycles. The van der Waals surface area contributed by atoms with E-state index < -0.39 is 5.97 Å². The lowest BCUT2D eigenvalue weighted by Gasteiger charge is -2.32. The van der Waals surface area contributed by atoms with Crippen molar-refractivity contribution in [1.29, 1.82) is 0 Å². The van der Waals surface area contributed by atoms with E-state index >= 15 is 0 Å². The summed E-state index contributed by atoms with van der Waals surface area (Å²) in [6, 6.07) is 13.2. The highest BCUT2D eigenvalue weighted by Crippen LogP contribution is 2.21. The van der Waals surface area contributed by atoms with Crippen molar-refractivity contribution in [1.82, 2.24) is 10.2 Å². The molecule has 3 rings (SSSR count). The zero-order chi connectivity index (χ0) is 18.5. The van der Waals surface area contributed by atoms with E-state index in [4.69, 9.17) is 28.3 Å². The van der Waals surface area contributed by atoms with Gasteiger partial charge in [-0.3, -0.25) is 4.90 Å². The zero-order valence-corrected chi connectivity index (χ0v) is 15.9. The number of hydrogen-bond acceptors (Lipinski definition) is 3. The van der Waals surface area contributed by atoms with Crippen LogP contribution in [0.4, 0.5) is 0 Å². The Labute approximate surface area is 163 Å². The molecule has 1 heterocycles. The van der Waals surface area contributed by atoms with Gasteiger partial charge >= 0.3 is 5.97 Å². The molecule has 0 unspecified atom stereocenters. The van der Waals surface area contributed by atoms with Crippen LogP contribution in [0.1, 0.15) is 34.3 Å². The number of halogens is 2. The van der Waals surface area contributed by atoms with Crippen molar-refractivity contribution in [2.24, 2.45) is 0 Å². The van der Waals surface area contributed by atoms with Crippen LogP contribution in [0.5, 0.6) is 0 Å². The van der Waals surface area contributed by atoms with E-state index in [2.05, 4.69) is 10.2 Å². The van der Waals surface area contributed by atoms with Gasteiger partial charge in [0.15, 0.2) is 0 Å². The predicted molar refractivity (Wildman–Crippen MR) is 105 cm³/mol. The van der Waals surface area contributed by atoms with Crippen LogP contribution in [0.25, 0.3) is 0 Å². The number of carbonyl (C=O) groups is 1. The summed E-state index contributed by atoms with van der Waals surface area (Å²) < 4.78 is 0. The predicted octanol–water partition coefficient (Wildman–Crippen LogP) is 4.45. The number of nitrogens with one attached hydrogen (secondary N) is 1. The van der Waals surface area contributed by atoms with E-state index in [0.717, 1.165) is 43.6 Å². The van der Waals surface area contributed by atoms with Crippen LogP contribution in [-0.2, 0) is 13.1 Å². The van der Waals surface area contributed by atoms with Crippen molar-refractivity contribution in [3.8, 4) is 0 Å². The van der Waals surface area contributed by atoms with E-state index in [9.17, 15) is 4.79 Å². The van der Waals surface area contributed by atoms with E-state index in [0.29, 0.717) is 28.2 Å². The third-order valence-electron chi connectivity index (χ3n) is 4.68. The Balaban J connectivity index is 1.46. The number of nitrogens with zero attached hydrogens (tertiary/aromatic N) is 1. The summed E-state index contributed by atoms with van der Waals surface area (Å²) in [5.41, 5.74) is 2.47. The fraction of sp³-hybridized carbons (Fsp3) is 0.350. The van der Waals surface area contributed by atoms with Crippen LogP contribution in [0.2, 0.25) is 10.0 Å². The van der Waals surface area contributed by atoms with Crippen LogP contribution in [0.15, 0.2) is 42.5 Å². The summed E-state index contributed by atoms with van der Waals surface area (Å²) in [5.74, 6) is -0.888. The number of carboxylic acids is 1. The van der Waals surface area contributed by atoms with Gasteiger partial charge in [0.2, 0.25) is 0 Å². The maximum absolute atomic E-state index is 11.0. The number of piperidine rings is 1. The molecule has 138 valence electrons. The minimum absolute atomic E-state index is 0.333. The summed E-state index contributed by atoms with van der Waals surface area (Å²) in [5, 5.41) is 14.0. The van der Waals surface area contributed by atoms with Crippen molar-refractivity contribution in [3.05, 3.63) is 69.2 Å². The molecule has 0 bridgehead atoms. The first kappa shape index (κ1) is 19.2. The smallest absolute Gasteiger partial charge is 0.335 e. The normalized spacial score (nSPS) is 15.9. The average molecular weight is 393 g/mol. The fourth-order valence-corrected chi connectivity index (χ4v) is 3.90. The minimum atomic E-state index is -0.888. The Morgan fingerprint density at radius 3 is 2.42 bits per heavy atom. The molecule has 1 fully saturated rings. The zero-order valence-electron chi connectivity index (χ0n) is 14.4. The first-order chi connectivity index (χ1) is 12.5. The summed E-state index contributed by atoms with van der Waals surface area (Å²) in [4.78, 5) is 13.5. The van der Waals surface area contributed by atoms with Crippen molar-refractivity contribution in [2.45, 2.75) is 32.0 Å². The molecule has 2 N–H and O–H groups in total. The number of aromatic carboxylic acids is 1. The summed E-state index contributed by atoms with van der Waals surface area (Å²) in [7, 11) is 0. The van der Waals surface area contributed by atoms with Gasteiger partial charge in [0.1, 0.15) is 0 Å². The van der Waals surface area contributed by atoms with E-state index in [1.807, 2.05) is 18.2 Å². The quantitative estimate of drug-likeness (QED) is 0.762. The van der Waals surface area contributed by atoms with Crippen LogP contribution in [-0.4, -0.2) is 35.1 Å². The van der Waals surface area contributed by atoms with Crippen LogP contribution >= 0.6 is 23.2 Å². The standard InChI is InChI=1S/C20H22Cl2N2O2/c21-17-9-15(10-18(22)11-17)13-24-6-4-19(5-7-24)23-12-14-2-1-3-16(8-14)20(25)26/h1-3,8-11,19,23H,4-7,12-13H2,(H,25,26). The topological polar surface area (TPSA) is 52.6 Å². The number of rotatable bonds is 6. The highest BCUT2D eigenvalue weighted by atomic mass is 35.5. The largest absolute Gasteiger partial charge is 0.478 e. The molecule has 0 aliphatic carbocycles. The molecule has 26 heavy (non-hydrogen) atoms. The number of hydrogen-bond donors (Lipinski definition) is 2. The van der Waals surface area contributed by atoms with Gasteiger partial charge < -0.3 is 10.4 Å². The van der Waals surface area contributed by atoms with Crippen molar-refractivity contribution < 1.29 is 9.90 Å². The third kappa shape index (κ3) is 5.45. The summed E-state index contributed by atoms with van der Waals surface area (Å²) >= 11 is 12.1. The van der Waals surface area contributed by atoms with Gasteiger partial charge in [-0.15, -0.1) is 0 Å². The Morgan fingerprint density at radius 2 is 1.77 bits per heavy atom. The van der Waals surface area contributed by atoms with Gasteiger partial charge in [-0.05, 0) is 67.4 Å². The number of benzene rings is 2. The molecular formula is C20H22Cl2N2O2. The van der Waals surface area contributed by atoms with Gasteiger partial charge in [-0.1, -0.05) is 35.3 Å². The van der Waals surface area contributed by atoms with Gasteiger partial charge in [-0.25, -0.2) is 4.79 Å². The Hall–Kier alpha value is -1.59. The van der Waals surface area contributed by atoms with Crippen molar-refractivity contribution in [3.63, 3.8) is 0 Å². The first-order valence-corrected chi connectivity index (χ1v) is 9.48. The second-order valence-electron chi connectivity index (χ2n) is 6.71. The van der Waals surface area contributed by atoms with Crippen LogP contribution < -0.4 is 5.32 Å². The highest BCUT2D eigenvalue weighted by Gasteiger charge is 2.19. The lowest BCUT2D eigenvalue weighted by Crippen LogP contribution is -2.41. The molecule has 1 aliphatic rings. The number of carboxylic acid groups (broad SMARTS) is 1. The van der Waals surface area contributed by atoms with Gasteiger partial charge in [0, 0.05) is 29.2 Å². The Kier molecular flexibility index (Phi) is 6.54. The fourth-order valence-electron chi connectivity index (χ4n) is 3.33. The minimum Gasteiger partial charge on any atom is -0.478 e. The molecule has 4 nitrogen and oxygen atoms in total. The molecular weight excluding hydrogens is 371 g/mol. The molecule has 0 spiro atoms. The first-order valence-electron chi connectivity index (χ1n) is 8.72. The molecule has 0 amide bonds. The van der Waals surface area contributed by atoms with Crippen LogP contribution in [0.3, 0.4) is 0 Å². The van der Waals surface area contributed by atoms with E-state index in [1.165, 1.54) is 0 Å². The molecule has 2 aromatic rings. The Bertz CT molecular complexity index is 754. The van der Waals surface area contributed by atoms with Crippen molar-refractivity contribution in [2.75, 3.05) is 13.1 Å². The molecule has 1 saturated heterocycles. The third-order valence-corrected chi connectivity index (χ3v) is 5.12. The lowest BCUT2D eigenvalue weighted by atomic mass is 10.0. The van der Waals surface area contributed by atoms with Gasteiger partial charge in [0.25, 0.3) is 0 Å². The SMILES string of the molecule is O=C(O)c1cccc(CNC2CCN(Cc3cc(Cl)cc(Cl)c3)CC2)c1.